The van der Waals surface area contributed by atoms with Crippen LogP contribution in [0.3, 0.4) is 0 Å². The fourth-order valence-corrected chi connectivity index (χ4v) is 5.74. The predicted molar refractivity (Wildman–Crippen MR) is 141 cm³/mol. The van der Waals surface area contributed by atoms with E-state index in [0.717, 1.165) is 37.1 Å². The molecule has 0 aromatic heterocycles. The molecule has 34 heavy (non-hydrogen) atoms. The lowest BCUT2D eigenvalue weighted by molar-refractivity contribution is -0.120. The lowest BCUT2D eigenvalue weighted by atomic mass is 9.85. The van der Waals surface area contributed by atoms with Gasteiger partial charge in [0.2, 0.25) is 11.8 Å². The summed E-state index contributed by atoms with van der Waals surface area (Å²) < 4.78 is 0. The predicted octanol–water partition coefficient (Wildman–Crippen LogP) is 6.75. The number of carbonyl (C=O) groups is 2. The number of amides is 2. The molecular formula is C30H40N2O2. The average Bonchev–Trinajstić information content (AvgIpc) is 2.80. The second-order valence-corrected chi connectivity index (χ2v) is 10.8. The van der Waals surface area contributed by atoms with Crippen LogP contribution in [0.15, 0.2) is 36.4 Å². The molecule has 0 spiro atoms. The van der Waals surface area contributed by atoms with Crippen molar-refractivity contribution in [2.24, 2.45) is 0 Å². The van der Waals surface area contributed by atoms with Crippen molar-refractivity contribution < 1.29 is 9.59 Å². The summed E-state index contributed by atoms with van der Waals surface area (Å²) in [6.45, 7) is 13.1. The summed E-state index contributed by atoms with van der Waals surface area (Å²) in [5, 5.41) is 0. The van der Waals surface area contributed by atoms with Crippen LogP contribution in [0.5, 0.6) is 0 Å². The van der Waals surface area contributed by atoms with Gasteiger partial charge in [0.1, 0.15) is 0 Å². The van der Waals surface area contributed by atoms with E-state index in [2.05, 4.69) is 82.8 Å². The second-order valence-electron chi connectivity index (χ2n) is 10.8. The number of rotatable bonds is 7. The molecule has 0 fully saturated rings. The largest absolute Gasteiger partial charge is 0.310 e. The Morgan fingerprint density at radius 3 is 2.18 bits per heavy atom. The van der Waals surface area contributed by atoms with E-state index < -0.39 is 0 Å². The van der Waals surface area contributed by atoms with E-state index in [9.17, 15) is 9.59 Å². The van der Waals surface area contributed by atoms with Crippen molar-refractivity contribution in [1.82, 2.24) is 0 Å². The molecule has 0 saturated heterocycles. The van der Waals surface area contributed by atoms with Gasteiger partial charge in [-0.2, -0.15) is 0 Å². The Bertz CT molecular complexity index is 1070. The van der Waals surface area contributed by atoms with Crippen LogP contribution in [-0.2, 0) is 22.4 Å². The van der Waals surface area contributed by atoms with E-state index in [1.165, 1.54) is 22.3 Å². The van der Waals surface area contributed by atoms with Crippen molar-refractivity contribution in [3.05, 3.63) is 58.7 Å². The van der Waals surface area contributed by atoms with E-state index in [1.807, 2.05) is 4.90 Å². The van der Waals surface area contributed by atoms with Crippen LogP contribution in [0.1, 0.15) is 101 Å². The zero-order chi connectivity index (χ0) is 24.6. The van der Waals surface area contributed by atoms with Crippen molar-refractivity contribution in [3.8, 4) is 0 Å². The Kier molecular flexibility index (Phi) is 7.16. The van der Waals surface area contributed by atoms with Crippen molar-refractivity contribution in [3.63, 3.8) is 0 Å². The molecule has 182 valence electrons. The second kappa shape index (κ2) is 9.93. The Morgan fingerprint density at radius 2 is 1.47 bits per heavy atom. The quantitative estimate of drug-likeness (QED) is 0.458. The van der Waals surface area contributed by atoms with Gasteiger partial charge in [-0.25, -0.2) is 0 Å². The fraction of sp³-hybridized carbons (Fsp3) is 0.533. The van der Waals surface area contributed by atoms with Crippen LogP contribution < -0.4 is 9.80 Å². The van der Waals surface area contributed by atoms with Gasteiger partial charge >= 0.3 is 0 Å². The summed E-state index contributed by atoms with van der Waals surface area (Å²) in [7, 11) is 0. The first-order chi connectivity index (χ1) is 16.2. The number of hydrogen-bond acceptors (Lipinski definition) is 2. The van der Waals surface area contributed by atoms with Gasteiger partial charge in [-0.15, -0.1) is 0 Å². The first kappa shape index (κ1) is 24.5. The summed E-state index contributed by atoms with van der Waals surface area (Å²) in [5.74, 6) is 1.29. The molecule has 2 aliphatic heterocycles. The van der Waals surface area contributed by atoms with E-state index in [1.54, 1.807) is 0 Å². The number of aryl methyl sites for hydroxylation is 1. The van der Waals surface area contributed by atoms with Crippen LogP contribution >= 0.6 is 0 Å². The molecular weight excluding hydrogens is 420 g/mol. The lowest BCUT2D eigenvalue weighted by Crippen LogP contribution is -2.42. The Labute approximate surface area is 205 Å². The summed E-state index contributed by atoms with van der Waals surface area (Å²) in [6.07, 6.45) is 4.81. The number of fused-ring (bicyclic) bond motifs is 2. The summed E-state index contributed by atoms with van der Waals surface area (Å²) in [4.78, 5) is 29.6. The van der Waals surface area contributed by atoms with Gasteiger partial charge < -0.3 is 9.80 Å². The molecule has 0 N–H and O–H groups in total. The molecule has 4 heteroatoms. The monoisotopic (exact) mass is 460 g/mol. The molecule has 2 heterocycles. The van der Waals surface area contributed by atoms with Crippen LogP contribution in [0.4, 0.5) is 11.4 Å². The number of benzene rings is 2. The maximum Gasteiger partial charge on any atom is 0.227 e. The number of carbonyl (C=O) groups excluding carboxylic acids is 2. The summed E-state index contributed by atoms with van der Waals surface area (Å²) in [5.41, 5.74) is 7.47. The molecule has 2 aromatic carbocycles. The van der Waals surface area contributed by atoms with Gasteiger partial charge in [-0.3, -0.25) is 9.59 Å². The van der Waals surface area contributed by atoms with Crippen molar-refractivity contribution >= 4 is 23.2 Å². The third-order valence-corrected chi connectivity index (χ3v) is 7.72. The average molecular weight is 461 g/mol. The SMILES string of the molecule is CC(C)c1ccc2c(c1)N(C(C)CCC(C)c1cccc3c1CCC(=O)N3C(C)C)C(=O)CC2. The highest BCUT2D eigenvalue weighted by Crippen LogP contribution is 2.38. The van der Waals surface area contributed by atoms with Crippen LogP contribution in [0.2, 0.25) is 0 Å². The molecule has 2 amide bonds. The van der Waals surface area contributed by atoms with Crippen molar-refractivity contribution in [2.45, 2.75) is 104 Å². The van der Waals surface area contributed by atoms with Crippen molar-refractivity contribution in [1.29, 1.82) is 0 Å². The number of nitrogens with zero attached hydrogens (tertiary/aromatic N) is 2. The molecule has 0 radical (unpaired) electrons. The van der Waals surface area contributed by atoms with Gasteiger partial charge in [-0.05, 0) is 92.7 Å². The Balaban J connectivity index is 1.53. The maximum absolute atomic E-state index is 13.0. The number of hydrogen-bond donors (Lipinski definition) is 0. The minimum atomic E-state index is 0.157. The minimum Gasteiger partial charge on any atom is -0.310 e. The molecule has 2 aliphatic rings. The van der Waals surface area contributed by atoms with Gasteiger partial charge in [0.15, 0.2) is 0 Å². The first-order valence-corrected chi connectivity index (χ1v) is 13.1. The van der Waals surface area contributed by atoms with Crippen molar-refractivity contribution in [2.75, 3.05) is 9.80 Å². The maximum atomic E-state index is 13.0. The third-order valence-electron chi connectivity index (χ3n) is 7.72. The first-order valence-electron chi connectivity index (χ1n) is 13.1. The van der Waals surface area contributed by atoms with E-state index >= 15 is 0 Å². The molecule has 4 nitrogen and oxygen atoms in total. The third kappa shape index (κ3) is 4.64. The molecule has 0 saturated carbocycles. The Morgan fingerprint density at radius 1 is 0.765 bits per heavy atom. The standard InChI is InChI=1S/C30H40N2O2/c1-19(2)24-13-12-23-14-16-30(34)32(28(23)18-24)22(6)11-10-21(5)25-8-7-9-27-26(25)15-17-29(33)31(27)20(3)4/h7-9,12-13,18-22H,10-11,14-17H2,1-6H3. The van der Waals surface area contributed by atoms with Gasteiger partial charge in [0, 0.05) is 36.3 Å². The molecule has 2 aromatic rings. The zero-order valence-corrected chi connectivity index (χ0v) is 21.7. The molecule has 0 aliphatic carbocycles. The van der Waals surface area contributed by atoms with Crippen LogP contribution in [-0.4, -0.2) is 23.9 Å². The normalized spacial score (nSPS) is 17.8. The number of anilines is 2. The van der Waals surface area contributed by atoms with Crippen LogP contribution in [0.25, 0.3) is 0 Å². The van der Waals surface area contributed by atoms with E-state index in [4.69, 9.17) is 0 Å². The molecule has 4 rings (SSSR count). The van der Waals surface area contributed by atoms with Gasteiger partial charge in [0.05, 0.1) is 0 Å². The smallest absolute Gasteiger partial charge is 0.227 e. The summed E-state index contributed by atoms with van der Waals surface area (Å²) >= 11 is 0. The molecule has 0 bridgehead atoms. The van der Waals surface area contributed by atoms with Crippen LogP contribution in [0, 0.1) is 0 Å². The fourth-order valence-electron chi connectivity index (χ4n) is 5.74. The highest BCUT2D eigenvalue weighted by Gasteiger charge is 2.31. The van der Waals surface area contributed by atoms with Gasteiger partial charge in [0.25, 0.3) is 0 Å². The lowest BCUT2D eigenvalue weighted by Gasteiger charge is -2.36. The van der Waals surface area contributed by atoms with Gasteiger partial charge in [-0.1, -0.05) is 45.0 Å². The highest BCUT2D eigenvalue weighted by atomic mass is 16.2. The molecule has 2 atom stereocenters. The molecule has 2 unspecified atom stereocenters. The minimum absolute atomic E-state index is 0.157. The summed E-state index contributed by atoms with van der Waals surface area (Å²) in [6, 6.07) is 13.4. The zero-order valence-electron chi connectivity index (χ0n) is 21.7. The van der Waals surface area contributed by atoms with E-state index in [0.29, 0.717) is 24.7 Å². The topological polar surface area (TPSA) is 40.6 Å². The van der Waals surface area contributed by atoms with E-state index in [-0.39, 0.29) is 23.9 Å². The Hall–Kier alpha value is -2.62. The highest BCUT2D eigenvalue weighted by molar-refractivity contribution is 5.97.